The van der Waals surface area contributed by atoms with Gasteiger partial charge in [0.15, 0.2) is 0 Å². The lowest BCUT2D eigenvalue weighted by molar-refractivity contribution is -0.141. The summed E-state index contributed by atoms with van der Waals surface area (Å²) in [4.78, 5) is 52.0. The topological polar surface area (TPSA) is 119 Å². The number of carbonyl (C=O) groups excluding carboxylic acids is 2. The summed E-state index contributed by atoms with van der Waals surface area (Å²) < 4.78 is 10.9. The number of fused-ring (bicyclic) bond motifs is 1. The first kappa shape index (κ1) is 22.8. The standard InChI is InChI=1S/C23H25N3O6/c1-3-4-13-32-23(30)25-19(14-20(27)31-2)15-9-11-16(12-10-15)26-21(28)17-7-5-6-8-18(17)24-22(26)29/h5-12,19H,3-4,13-14H2,1-2H3,(H,24,29)(H,25,30). The largest absolute Gasteiger partial charge is 0.469 e. The number of ether oxygens (including phenoxy) is 2. The van der Waals surface area contributed by atoms with Gasteiger partial charge in [0.1, 0.15) is 0 Å². The average Bonchev–Trinajstić information content (AvgIpc) is 2.79. The van der Waals surface area contributed by atoms with Crippen molar-refractivity contribution in [2.24, 2.45) is 0 Å². The highest BCUT2D eigenvalue weighted by atomic mass is 16.5. The van der Waals surface area contributed by atoms with Crippen molar-refractivity contribution in [3.05, 3.63) is 74.9 Å². The van der Waals surface area contributed by atoms with E-state index in [2.05, 4.69) is 10.3 Å². The molecule has 3 aromatic rings. The van der Waals surface area contributed by atoms with E-state index in [1.807, 2.05) is 6.92 Å². The number of methoxy groups -OCH3 is 1. The molecule has 2 aromatic carbocycles. The van der Waals surface area contributed by atoms with Gasteiger partial charge in [0.05, 0.1) is 42.8 Å². The number of amides is 1. The maximum atomic E-state index is 12.8. The van der Waals surface area contributed by atoms with Gasteiger partial charge in [0.25, 0.3) is 5.56 Å². The van der Waals surface area contributed by atoms with Crippen LogP contribution < -0.4 is 16.6 Å². The van der Waals surface area contributed by atoms with Crippen LogP contribution in [0.4, 0.5) is 4.79 Å². The molecule has 0 bridgehead atoms. The third kappa shape index (κ3) is 5.23. The molecule has 0 aliphatic rings. The van der Waals surface area contributed by atoms with E-state index in [9.17, 15) is 19.2 Å². The molecule has 1 atom stereocenters. The van der Waals surface area contributed by atoms with Crippen LogP contribution in [0.1, 0.15) is 37.8 Å². The van der Waals surface area contributed by atoms with E-state index in [1.165, 1.54) is 7.11 Å². The summed E-state index contributed by atoms with van der Waals surface area (Å²) >= 11 is 0. The van der Waals surface area contributed by atoms with Crippen LogP contribution in [0.25, 0.3) is 16.6 Å². The van der Waals surface area contributed by atoms with Crippen LogP contribution in [-0.2, 0) is 14.3 Å². The van der Waals surface area contributed by atoms with Crippen LogP contribution in [0, 0.1) is 0 Å². The number of alkyl carbamates (subject to hydrolysis) is 1. The predicted octanol–water partition coefficient (Wildman–Crippen LogP) is 2.81. The van der Waals surface area contributed by atoms with E-state index < -0.39 is 29.4 Å². The van der Waals surface area contributed by atoms with Crippen LogP contribution >= 0.6 is 0 Å². The Hall–Kier alpha value is -3.88. The van der Waals surface area contributed by atoms with Gasteiger partial charge < -0.3 is 19.8 Å². The molecule has 0 aliphatic heterocycles. The fourth-order valence-electron chi connectivity index (χ4n) is 3.25. The molecule has 32 heavy (non-hydrogen) atoms. The Morgan fingerprint density at radius 2 is 1.81 bits per heavy atom. The van der Waals surface area contributed by atoms with E-state index in [0.717, 1.165) is 17.4 Å². The van der Waals surface area contributed by atoms with Gasteiger partial charge in [-0.2, -0.15) is 0 Å². The average molecular weight is 439 g/mol. The predicted molar refractivity (Wildman–Crippen MR) is 119 cm³/mol. The molecule has 0 fully saturated rings. The lowest BCUT2D eigenvalue weighted by Gasteiger charge is -2.18. The molecule has 1 heterocycles. The second-order valence-corrected chi connectivity index (χ2v) is 7.17. The highest BCUT2D eigenvalue weighted by molar-refractivity contribution is 5.77. The molecule has 0 saturated carbocycles. The fraction of sp³-hybridized carbons (Fsp3) is 0.304. The van der Waals surface area contributed by atoms with Crippen molar-refractivity contribution in [3.8, 4) is 5.69 Å². The first-order valence-corrected chi connectivity index (χ1v) is 10.3. The zero-order valence-electron chi connectivity index (χ0n) is 17.9. The smallest absolute Gasteiger partial charge is 0.407 e. The molecule has 0 radical (unpaired) electrons. The van der Waals surface area contributed by atoms with Crippen molar-refractivity contribution < 1.29 is 19.1 Å². The van der Waals surface area contributed by atoms with Gasteiger partial charge in [-0.15, -0.1) is 0 Å². The number of hydrogen-bond acceptors (Lipinski definition) is 6. The number of aromatic nitrogens is 2. The molecule has 0 saturated heterocycles. The monoisotopic (exact) mass is 439 g/mol. The first-order chi connectivity index (χ1) is 15.4. The van der Waals surface area contributed by atoms with E-state index in [0.29, 0.717) is 22.2 Å². The summed E-state index contributed by atoms with van der Waals surface area (Å²) in [6.07, 6.45) is 0.875. The van der Waals surface area contributed by atoms with E-state index in [4.69, 9.17) is 9.47 Å². The Balaban J connectivity index is 1.89. The highest BCUT2D eigenvalue weighted by Gasteiger charge is 2.20. The number of rotatable bonds is 8. The fourth-order valence-corrected chi connectivity index (χ4v) is 3.25. The summed E-state index contributed by atoms with van der Waals surface area (Å²) in [5.74, 6) is -0.505. The molecule has 1 amide bonds. The second kappa shape index (κ2) is 10.4. The molecule has 0 spiro atoms. The van der Waals surface area contributed by atoms with Crippen LogP contribution in [-0.4, -0.2) is 35.3 Å². The number of esters is 1. The van der Waals surface area contributed by atoms with E-state index >= 15 is 0 Å². The van der Waals surface area contributed by atoms with Crippen molar-refractivity contribution in [3.63, 3.8) is 0 Å². The van der Waals surface area contributed by atoms with Crippen LogP contribution in [0.15, 0.2) is 58.1 Å². The Morgan fingerprint density at radius 1 is 1.09 bits per heavy atom. The molecule has 0 aliphatic carbocycles. The molecular formula is C23H25N3O6. The van der Waals surface area contributed by atoms with Crippen molar-refractivity contribution in [1.29, 1.82) is 0 Å². The number of carbonyl (C=O) groups is 2. The van der Waals surface area contributed by atoms with Crippen LogP contribution in [0.2, 0.25) is 0 Å². The molecule has 2 N–H and O–H groups in total. The van der Waals surface area contributed by atoms with Crippen molar-refractivity contribution >= 4 is 23.0 Å². The number of nitrogens with one attached hydrogen (secondary N) is 2. The number of para-hydroxylation sites is 1. The number of unbranched alkanes of at least 4 members (excludes halogenated alkanes) is 1. The Morgan fingerprint density at radius 3 is 2.50 bits per heavy atom. The minimum atomic E-state index is -0.697. The molecule has 168 valence electrons. The molecule has 1 unspecified atom stereocenters. The van der Waals surface area contributed by atoms with Gasteiger partial charge in [-0.05, 0) is 36.2 Å². The van der Waals surface area contributed by atoms with E-state index in [1.54, 1.807) is 48.5 Å². The highest BCUT2D eigenvalue weighted by Crippen LogP contribution is 2.19. The molecular weight excluding hydrogens is 414 g/mol. The van der Waals surface area contributed by atoms with Gasteiger partial charge in [0.2, 0.25) is 0 Å². The Bertz CT molecular complexity index is 1210. The third-order valence-corrected chi connectivity index (χ3v) is 4.98. The summed E-state index contributed by atoms with van der Waals surface area (Å²) in [5, 5.41) is 3.05. The Kier molecular flexibility index (Phi) is 7.43. The Labute approximate surface area is 184 Å². The van der Waals surface area contributed by atoms with Gasteiger partial charge >= 0.3 is 17.8 Å². The van der Waals surface area contributed by atoms with Gasteiger partial charge in [-0.1, -0.05) is 37.6 Å². The van der Waals surface area contributed by atoms with Gasteiger partial charge in [0, 0.05) is 0 Å². The maximum Gasteiger partial charge on any atom is 0.407 e. The lowest BCUT2D eigenvalue weighted by atomic mass is 10.0. The summed E-state index contributed by atoms with van der Waals surface area (Å²) in [6.45, 7) is 2.26. The number of hydrogen-bond donors (Lipinski definition) is 2. The molecule has 3 rings (SSSR count). The van der Waals surface area contributed by atoms with E-state index in [-0.39, 0.29) is 13.0 Å². The quantitative estimate of drug-likeness (QED) is 0.411. The zero-order chi connectivity index (χ0) is 23.1. The first-order valence-electron chi connectivity index (χ1n) is 10.3. The maximum absolute atomic E-state index is 12.8. The number of benzene rings is 2. The second-order valence-electron chi connectivity index (χ2n) is 7.17. The molecule has 9 nitrogen and oxygen atoms in total. The zero-order valence-corrected chi connectivity index (χ0v) is 17.9. The SMILES string of the molecule is CCCCOC(=O)NC(CC(=O)OC)c1ccc(-n2c(=O)[nH]c3ccccc3c2=O)cc1. The number of aromatic amines is 1. The number of H-pyrrole nitrogens is 1. The van der Waals surface area contributed by atoms with Crippen LogP contribution in [0.3, 0.4) is 0 Å². The molecule has 9 heteroatoms. The van der Waals surface area contributed by atoms with Crippen LogP contribution in [0.5, 0.6) is 0 Å². The third-order valence-electron chi connectivity index (χ3n) is 4.98. The molecule has 1 aromatic heterocycles. The minimum Gasteiger partial charge on any atom is -0.469 e. The van der Waals surface area contributed by atoms with Gasteiger partial charge in [-0.3, -0.25) is 9.59 Å². The van der Waals surface area contributed by atoms with Crippen molar-refractivity contribution in [1.82, 2.24) is 14.9 Å². The summed E-state index contributed by atoms with van der Waals surface area (Å²) in [5.41, 5.74) is 0.398. The summed E-state index contributed by atoms with van der Waals surface area (Å²) in [6, 6.07) is 12.5. The van der Waals surface area contributed by atoms with Crippen molar-refractivity contribution in [2.75, 3.05) is 13.7 Å². The minimum absolute atomic E-state index is 0.102. The number of nitrogens with zero attached hydrogens (tertiary/aromatic N) is 1. The summed E-state index contributed by atoms with van der Waals surface area (Å²) in [7, 11) is 1.26. The lowest BCUT2D eigenvalue weighted by Crippen LogP contribution is -2.33. The van der Waals surface area contributed by atoms with Crippen molar-refractivity contribution in [2.45, 2.75) is 32.2 Å². The van der Waals surface area contributed by atoms with Gasteiger partial charge in [-0.25, -0.2) is 14.2 Å². The normalized spacial score (nSPS) is 11.7.